The number of hydrogen-bond acceptors (Lipinski definition) is 3. The smallest absolute Gasteiger partial charge is 0.191 e. The molecule has 2 atom stereocenters. The van der Waals surface area contributed by atoms with Gasteiger partial charge in [0.1, 0.15) is 18.0 Å². The lowest BCUT2D eigenvalue weighted by molar-refractivity contribution is 0.0186. The summed E-state index contributed by atoms with van der Waals surface area (Å²) in [6.07, 6.45) is 3.87. The molecule has 0 saturated carbocycles. The van der Waals surface area contributed by atoms with E-state index in [4.69, 9.17) is 9.47 Å². The van der Waals surface area contributed by atoms with E-state index in [0.717, 1.165) is 42.6 Å². The summed E-state index contributed by atoms with van der Waals surface area (Å²) in [4.78, 5) is 12.3. The lowest BCUT2D eigenvalue weighted by atomic mass is 9.97. The number of ketones is 1. The molecule has 1 aromatic carbocycles. The molecule has 0 aromatic heterocycles. The number of hydrogen-bond donors (Lipinski definition) is 0. The van der Waals surface area contributed by atoms with Gasteiger partial charge >= 0.3 is 0 Å². The van der Waals surface area contributed by atoms with Crippen molar-refractivity contribution in [3.8, 4) is 5.75 Å². The van der Waals surface area contributed by atoms with Gasteiger partial charge in [0.15, 0.2) is 5.78 Å². The van der Waals surface area contributed by atoms with Crippen LogP contribution in [0.1, 0.15) is 42.1 Å². The van der Waals surface area contributed by atoms with E-state index in [-0.39, 0.29) is 18.0 Å². The molecule has 0 spiro atoms. The Kier molecular flexibility index (Phi) is 3.08. The molecule has 18 heavy (non-hydrogen) atoms. The summed E-state index contributed by atoms with van der Waals surface area (Å²) in [5.74, 6) is 1.04. The van der Waals surface area contributed by atoms with Crippen molar-refractivity contribution in [3.63, 3.8) is 0 Å². The van der Waals surface area contributed by atoms with E-state index in [1.54, 1.807) is 0 Å². The highest BCUT2D eigenvalue weighted by molar-refractivity contribution is 5.99. The third-order valence-electron chi connectivity index (χ3n) is 3.65. The first kappa shape index (κ1) is 11.7. The maximum atomic E-state index is 12.3. The van der Waals surface area contributed by atoms with Gasteiger partial charge in [0.2, 0.25) is 0 Å². The molecule has 3 heteroatoms. The van der Waals surface area contributed by atoms with Gasteiger partial charge < -0.3 is 9.47 Å². The minimum atomic E-state index is -0.239. The van der Waals surface area contributed by atoms with Gasteiger partial charge in [0.25, 0.3) is 0 Å². The summed E-state index contributed by atoms with van der Waals surface area (Å²) in [7, 11) is 0. The average Bonchev–Trinajstić information content (AvgIpc) is 2.78. The number of benzene rings is 1. The van der Waals surface area contributed by atoms with Crippen molar-refractivity contribution in [1.29, 1.82) is 0 Å². The fourth-order valence-electron chi connectivity index (χ4n) is 2.71. The maximum Gasteiger partial charge on any atom is 0.191 e. The Morgan fingerprint density at radius 3 is 3.00 bits per heavy atom. The minimum Gasteiger partial charge on any atom is -0.490 e. The summed E-state index contributed by atoms with van der Waals surface area (Å²) in [5, 5.41) is 0. The van der Waals surface area contributed by atoms with Crippen LogP contribution in [-0.2, 0) is 11.2 Å². The predicted molar refractivity (Wildman–Crippen MR) is 68.2 cm³/mol. The summed E-state index contributed by atoms with van der Waals surface area (Å²) >= 11 is 0. The topological polar surface area (TPSA) is 35.5 Å². The summed E-state index contributed by atoms with van der Waals surface area (Å²) in [6, 6.07) is 5.74. The van der Waals surface area contributed by atoms with Crippen LogP contribution in [0.5, 0.6) is 5.75 Å². The lowest BCUT2D eigenvalue weighted by Gasteiger charge is -2.21. The number of Topliss-reactive ketones (excluding diaryl/α,β-unsaturated/α-hetero) is 1. The minimum absolute atomic E-state index is 0.122. The van der Waals surface area contributed by atoms with Crippen molar-refractivity contribution < 1.29 is 14.3 Å². The summed E-state index contributed by atoms with van der Waals surface area (Å²) < 4.78 is 11.2. The van der Waals surface area contributed by atoms with Crippen LogP contribution < -0.4 is 4.74 Å². The molecule has 3 rings (SSSR count). The molecule has 96 valence electrons. The standard InChI is InChI=1S/C15H18O3/c1-10-8-12-9-11(5-6-13(12)18-10)15(16)14-4-2-3-7-17-14/h5-6,9-10,14H,2-4,7-8H2,1H3. The molecule has 0 N–H and O–H groups in total. The number of fused-ring (bicyclic) bond motifs is 1. The van der Waals surface area contributed by atoms with Crippen LogP contribution in [0.15, 0.2) is 18.2 Å². The summed E-state index contributed by atoms with van der Waals surface area (Å²) in [5.41, 5.74) is 1.91. The van der Waals surface area contributed by atoms with Gasteiger partial charge in [-0.2, -0.15) is 0 Å². The Hall–Kier alpha value is -1.35. The van der Waals surface area contributed by atoms with Crippen LogP contribution in [0.4, 0.5) is 0 Å². The Balaban J connectivity index is 1.80. The highest BCUT2D eigenvalue weighted by Crippen LogP contribution is 2.30. The van der Waals surface area contributed by atoms with Crippen LogP contribution in [0.2, 0.25) is 0 Å². The fraction of sp³-hybridized carbons (Fsp3) is 0.533. The first-order valence-corrected chi connectivity index (χ1v) is 6.69. The van der Waals surface area contributed by atoms with E-state index in [1.165, 1.54) is 0 Å². The van der Waals surface area contributed by atoms with Crippen molar-refractivity contribution >= 4 is 5.78 Å². The first-order chi connectivity index (χ1) is 8.74. The van der Waals surface area contributed by atoms with E-state index in [9.17, 15) is 4.79 Å². The van der Waals surface area contributed by atoms with Crippen molar-refractivity contribution in [2.45, 2.75) is 44.8 Å². The van der Waals surface area contributed by atoms with Gasteiger partial charge in [0.05, 0.1) is 0 Å². The van der Waals surface area contributed by atoms with Crippen LogP contribution in [0.3, 0.4) is 0 Å². The molecule has 0 bridgehead atoms. The number of ether oxygens (including phenoxy) is 2. The van der Waals surface area contributed by atoms with Gasteiger partial charge in [0, 0.05) is 18.6 Å². The molecule has 1 aromatic rings. The predicted octanol–water partition coefficient (Wildman–Crippen LogP) is 2.76. The van der Waals surface area contributed by atoms with Crippen molar-refractivity contribution in [1.82, 2.24) is 0 Å². The highest BCUT2D eigenvalue weighted by atomic mass is 16.5. The van der Waals surface area contributed by atoms with E-state index in [1.807, 2.05) is 25.1 Å². The van der Waals surface area contributed by atoms with Gasteiger partial charge in [-0.15, -0.1) is 0 Å². The molecular weight excluding hydrogens is 228 g/mol. The maximum absolute atomic E-state index is 12.3. The number of carbonyl (C=O) groups excluding carboxylic acids is 1. The second-order valence-electron chi connectivity index (χ2n) is 5.17. The van der Waals surface area contributed by atoms with Crippen LogP contribution in [0.25, 0.3) is 0 Å². The molecule has 0 amide bonds. The number of carbonyl (C=O) groups is 1. The third-order valence-corrected chi connectivity index (χ3v) is 3.65. The quantitative estimate of drug-likeness (QED) is 0.753. The molecule has 3 nitrogen and oxygen atoms in total. The average molecular weight is 246 g/mol. The molecule has 0 radical (unpaired) electrons. The van der Waals surface area contributed by atoms with E-state index in [2.05, 4.69) is 0 Å². The molecule has 0 aliphatic carbocycles. The summed E-state index contributed by atoms with van der Waals surface area (Å²) in [6.45, 7) is 2.76. The Morgan fingerprint density at radius 1 is 1.33 bits per heavy atom. The molecule has 2 unspecified atom stereocenters. The molecule has 1 fully saturated rings. The molecule has 2 heterocycles. The van der Waals surface area contributed by atoms with Gasteiger partial charge in [-0.3, -0.25) is 4.79 Å². The molecule has 1 saturated heterocycles. The Morgan fingerprint density at radius 2 is 2.22 bits per heavy atom. The Bertz CT molecular complexity index is 461. The molecular formula is C15H18O3. The van der Waals surface area contributed by atoms with Gasteiger partial charge in [-0.25, -0.2) is 0 Å². The molecule has 2 aliphatic rings. The lowest BCUT2D eigenvalue weighted by Crippen LogP contribution is -2.28. The van der Waals surface area contributed by atoms with Gasteiger partial charge in [-0.1, -0.05) is 0 Å². The second kappa shape index (κ2) is 4.73. The SMILES string of the molecule is CC1Cc2cc(C(=O)C3CCCCO3)ccc2O1. The highest BCUT2D eigenvalue weighted by Gasteiger charge is 2.25. The van der Waals surface area contributed by atoms with Crippen molar-refractivity contribution in [3.05, 3.63) is 29.3 Å². The zero-order valence-electron chi connectivity index (χ0n) is 10.6. The van der Waals surface area contributed by atoms with Crippen molar-refractivity contribution in [2.75, 3.05) is 6.61 Å². The fourth-order valence-corrected chi connectivity index (χ4v) is 2.71. The zero-order chi connectivity index (χ0) is 12.5. The van der Waals surface area contributed by atoms with Crippen molar-refractivity contribution in [2.24, 2.45) is 0 Å². The number of rotatable bonds is 2. The normalized spacial score (nSPS) is 26.5. The third kappa shape index (κ3) is 2.15. The van der Waals surface area contributed by atoms with E-state index >= 15 is 0 Å². The van der Waals surface area contributed by atoms with Crippen LogP contribution >= 0.6 is 0 Å². The van der Waals surface area contributed by atoms with E-state index < -0.39 is 0 Å². The second-order valence-corrected chi connectivity index (χ2v) is 5.17. The van der Waals surface area contributed by atoms with Crippen LogP contribution in [0, 0.1) is 0 Å². The van der Waals surface area contributed by atoms with E-state index in [0.29, 0.717) is 6.61 Å². The largest absolute Gasteiger partial charge is 0.490 e. The Labute approximate surface area is 107 Å². The zero-order valence-corrected chi connectivity index (χ0v) is 10.6. The van der Waals surface area contributed by atoms with Gasteiger partial charge in [-0.05, 0) is 49.9 Å². The molecule has 2 aliphatic heterocycles. The monoisotopic (exact) mass is 246 g/mol. The van der Waals surface area contributed by atoms with Crippen LogP contribution in [-0.4, -0.2) is 24.6 Å². The first-order valence-electron chi connectivity index (χ1n) is 6.69.